The van der Waals surface area contributed by atoms with Crippen LogP contribution in [-0.4, -0.2) is 31.2 Å². The Bertz CT molecular complexity index is 604. The van der Waals surface area contributed by atoms with Gasteiger partial charge in [0.1, 0.15) is 5.54 Å². The van der Waals surface area contributed by atoms with Crippen molar-refractivity contribution >= 4 is 24.0 Å². The first-order valence-electron chi connectivity index (χ1n) is 8.05. The van der Waals surface area contributed by atoms with E-state index in [1.54, 1.807) is 4.90 Å². The molecule has 3 unspecified atom stereocenters. The van der Waals surface area contributed by atoms with E-state index >= 15 is 0 Å². The fraction of sp³-hybridized carbons (Fsp3) is 0.611. The summed E-state index contributed by atoms with van der Waals surface area (Å²) in [5.74, 6) is 0.117. The highest BCUT2D eigenvalue weighted by Crippen LogP contribution is 2.58. The maximum atomic E-state index is 13.2. The molecular formula is C18H27ClN2O2. The van der Waals surface area contributed by atoms with Crippen molar-refractivity contribution in [2.24, 2.45) is 17.1 Å². The number of nitrogens with zero attached hydrogens (tertiary/aromatic N) is 1. The van der Waals surface area contributed by atoms with E-state index in [1.165, 1.54) is 0 Å². The molecule has 2 aliphatic rings. The van der Waals surface area contributed by atoms with Gasteiger partial charge in [-0.1, -0.05) is 26.0 Å². The largest absolute Gasteiger partial charge is 0.377 e. The lowest BCUT2D eigenvalue weighted by Crippen LogP contribution is -2.82. The Hall–Kier alpha value is -1.10. The number of likely N-dealkylation sites (N-methyl/N-ethyl adjacent to an activating group) is 1. The predicted molar refractivity (Wildman–Crippen MR) is 95.0 cm³/mol. The number of benzene rings is 1. The second-order valence-electron chi connectivity index (χ2n) is 7.33. The van der Waals surface area contributed by atoms with Crippen LogP contribution in [0.4, 0.5) is 5.69 Å². The third kappa shape index (κ3) is 2.48. The molecule has 1 aromatic rings. The molecule has 4 nitrogen and oxygen atoms in total. The number of carbonyl (C=O) groups excluding carboxylic acids is 1. The van der Waals surface area contributed by atoms with Crippen LogP contribution < -0.4 is 10.6 Å². The molecule has 2 N–H and O–H groups in total. The average molecular weight is 339 g/mol. The summed E-state index contributed by atoms with van der Waals surface area (Å²) in [5.41, 5.74) is 7.52. The molecule has 128 valence electrons. The molecule has 2 fully saturated rings. The first-order valence-corrected chi connectivity index (χ1v) is 8.05. The molecule has 1 aliphatic carbocycles. The predicted octanol–water partition coefficient (Wildman–Crippen LogP) is 2.91. The SMILES string of the molecule is Cc1cccc(N(C)C(=O)C2(N)C3CCCOC3C2(C)C)c1.Cl. The fourth-order valence-corrected chi connectivity index (χ4v) is 4.24. The molecule has 1 aromatic carbocycles. The Morgan fingerprint density at radius 2 is 2.09 bits per heavy atom. The molecular weight excluding hydrogens is 312 g/mol. The normalized spacial score (nSPS) is 31.3. The lowest BCUT2D eigenvalue weighted by molar-refractivity contribution is -0.223. The number of rotatable bonds is 2. The molecule has 1 saturated heterocycles. The molecule has 0 aromatic heterocycles. The third-order valence-electron chi connectivity index (χ3n) is 5.73. The van der Waals surface area contributed by atoms with Gasteiger partial charge >= 0.3 is 0 Å². The van der Waals surface area contributed by atoms with E-state index in [4.69, 9.17) is 10.5 Å². The quantitative estimate of drug-likeness (QED) is 0.902. The van der Waals surface area contributed by atoms with Gasteiger partial charge in [0.05, 0.1) is 6.10 Å². The first-order chi connectivity index (χ1) is 10.3. The summed E-state index contributed by atoms with van der Waals surface area (Å²) in [5, 5.41) is 0. The number of nitrogens with two attached hydrogens (primary N) is 1. The Labute approximate surface area is 144 Å². The molecule has 1 amide bonds. The van der Waals surface area contributed by atoms with Crippen LogP contribution >= 0.6 is 12.4 Å². The molecule has 5 heteroatoms. The van der Waals surface area contributed by atoms with Crippen LogP contribution in [0.25, 0.3) is 0 Å². The zero-order chi connectivity index (χ0) is 16.1. The van der Waals surface area contributed by atoms with Crippen molar-refractivity contribution in [2.45, 2.75) is 45.3 Å². The number of carbonyl (C=O) groups is 1. The van der Waals surface area contributed by atoms with Crippen molar-refractivity contribution in [3.8, 4) is 0 Å². The van der Waals surface area contributed by atoms with E-state index in [0.29, 0.717) is 0 Å². The van der Waals surface area contributed by atoms with Crippen molar-refractivity contribution in [3.63, 3.8) is 0 Å². The van der Waals surface area contributed by atoms with Crippen molar-refractivity contribution in [1.29, 1.82) is 0 Å². The van der Waals surface area contributed by atoms with Gasteiger partial charge in [0, 0.05) is 30.7 Å². The molecule has 3 atom stereocenters. The summed E-state index contributed by atoms with van der Waals surface area (Å²) >= 11 is 0. The van der Waals surface area contributed by atoms with Gasteiger partial charge in [-0.25, -0.2) is 0 Å². The number of fused-ring (bicyclic) bond motifs is 1. The molecule has 23 heavy (non-hydrogen) atoms. The van der Waals surface area contributed by atoms with E-state index in [9.17, 15) is 4.79 Å². The van der Waals surface area contributed by atoms with Gasteiger partial charge in [-0.3, -0.25) is 4.79 Å². The zero-order valence-corrected chi connectivity index (χ0v) is 15.2. The van der Waals surface area contributed by atoms with Crippen LogP contribution in [0.3, 0.4) is 0 Å². The molecule has 1 aliphatic heterocycles. The fourth-order valence-electron chi connectivity index (χ4n) is 4.24. The maximum Gasteiger partial charge on any atom is 0.247 e. The highest BCUT2D eigenvalue weighted by Gasteiger charge is 2.70. The Balaban J connectivity index is 0.00000192. The summed E-state index contributed by atoms with van der Waals surface area (Å²) in [4.78, 5) is 14.9. The van der Waals surface area contributed by atoms with Crippen molar-refractivity contribution in [2.75, 3.05) is 18.6 Å². The molecule has 0 spiro atoms. The number of hydrogen-bond donors (Lipinski definition) is 1. The summed E-state index contributed by atoms with van der Waals surface area (Å²) in [7, 11) is 1.82. The van der Waals surface area contributed by atoms with Crippen LogP contribution in [-0.2, 0) is 9.53 Å². The van der Waals surface area contributed by atoms with Crippen LogP contribution in [0.15, 0.2) is 24.3 Å². The average Bonchev–Trinajstić information content (AvgIpc) is 2.52. The second kappa shape index (κ2) is 6.08. The van der Waals surface area contributed by atoms with E-state index in [2.05, 4.69) is 13.8 Å². The standard InChI is InChI=1S/C18H26N2O2.ClH/c1-12-7-5-8-13(11-12)20(4)16(21)18(19)14-9-6-10-22-15(14)17(18,2)3;/h5,7-8,11,14-15H,6,9-10,19H2,1-4H3;1H. The van der Waals surface area contributed by atoms with E-state index in [1.807, 2.05) is 38.2 Å². The molecule has 3 rings (SSSR count). The van der Waals surface area contributed by atoms with E-state index in [0.717, 1.165) is 30.7 Å². The van der Waals surface area contributed by atoms with Crippen LogP contribution in [0.2, 0.25) is 0 Å². The first kappa shape index (κ1) is 18.2. The minimum Gasteiger partial charge on any atom is -0.377 e. The molecule has 1 heterocycles. The number of halogens is 1. The number of aryl methyl sites for hydroxylation is 1. The monoisotopic (exact) mass is 338 g/mol. The van der Waals surface area contributed by atoms with Gasteiger partial charge in [-0.05, 0) is 37.5 Å². The van der Waals surface area contributed by atoms with Crippen LogP contribution in [0.5, 0.6) is 0 Å². The van der Waals surface area contributed by atoms with Crippen molar-refractivity contribution in [1.82, 2.24) is 0 Å². The Morgan fingerprint density at radius 1 is 1.39 bits per heavy atom. The Kier molecular flexibility index (Phi) is 4.82. The summed E-state index contributed by atoms with van der Waals surface area (Å²) in [6.07, 6.45) is 2.05. The maximum absolute atomic E-state index is 13.2. The van der Waals surface area contributed by atoms with Gasteiger partial charge in [-0.2, -0.15) is 0 Å². The highest BCUT2D eigenvalue weighted by molar-refractivity contribution is 6.01. The zero-order valence-electron chi connectivity index (χ0n) is 14.3. The van der Waals surface area contributed by atoms with Gasteiger partial charge in [0.2, 0.25) is 5.91 Å². The van der Waals surface area contributed by atoms with Gasteiger partial charge in [0.15, 0.2) is 0 Å². The van der Waals surface area contributed by atoms with E-state index in [-0.39, 0.29) is 35.8 Å². The van der Waals surface area contributed by atoms with Crippen molar-refractivity contribution < 1.29 is 9.53 Å². The number of hydrogen-bond acceptors (Lipinski definition) is 3. The Morgan fingerprint density at radius 3 is 2.74 bits per heavy atom. The van der Waals surface area contributed by atoms with E-state index < -0.39 is 5.54 Å². The second-order valence-corrected chi connectivity index (χ2v) is 7.33. The smallest absolute Gasteiger partial charge is 0.247 e. The summed E-state index contributed by atoms with van der Waals surface area (Å²) in [6, 6.07) is 7.96. The van der Waals surface area contributed by atoms with Gasteiger partial charge in [-0.15, -0.1) is 12.4 Å². The van der Waals surface area contributed by atoms with Gasteiger partial charge in [0.25, 0.3) is 0 Å². The summed E-state index contributed by atoms with van der Waals surface area (Å²) < 4.78 is 5.89. The van der Waals surface area contributed by atoms with Gasteiger partial charge < -0.3 is 15.4 Å². The highest BCUT2D eigenvalue weighted by atomic mass is 35.5. The minimum atomic E-state index is -0.851. The third-order valence-corrected chi connectivity index (χ3v) is 5.73. The molecule has 0 radical (unpaired) electrons. The molecule has 0 bridgehead atoms. The lowest BCUT2D eigenvalue weighted by atomic mass is 9.46. The molecule has 1 saturated carbocycles. The van der Waals surface area contributed by atoms with Crippen molar-refractivity contribution in [3.05, 3.63) is 29.8 Å². The number of ether oxygens (including phenoxy) is 1. The minimum absolute atomic E-state index is 0. The van der Waals surface area contributed by atoms with Crippen LogP contribution in [0, 0.1) is 18.3 Å². The topological polar surface area (TPSA) is 55.6 Å². The van der Waals surface area contributed by atoms with Crippen LogP contribution in [0.1, 0.15) is 32.3 Å². The summed E-state index contributed by atoms with van der Waals surface area (Å²) in [6.45, 7) is 6.92. The lowest BCUT2D eigenvalue weighted by Gasteiger charge is -2.65. The number of anilines is 1. The number of amides is 1.